The van der Waals surface area contributed by atoms with Gasteiger partial charge in [-0.25, -0.2) is 0 Å². The van der Waals surface area contributed by atoms with Gasteiger partial charge in [-0.3, -0.25) is 4.79 Å². The zero-order valence-corrected chi connectivity index (χ0v) is 11.1. The minimum Gasteiger partial charge on any atom is -0.353 e. The molecule has 0 radical (unpaired) electrons. The standard InChI is InChI=1S/C14H23N3O/c1-2-6-14(7-5-8-16-14)13(18)15-9-12-17-10-3-4-11-17/h3-4,10-11,16H,2,5-9,12H2,1H3,(H,15,18). The van der Waals surface area contributed by atoms with Crippen LogP contribution < -0.4 is 10.6 Å². The van der Waals surface area contributed by atoms with E-state index >= 15 is 0 Å². The Morgan fingerprint density at radius 3 is 2.83 bits per heavy atom. The highest BCUT2D eigenvalue weighted by Crippen LogP contribution is 2.24. The van der Waals surface area contributed by atoms with Crippen LogP contribution >= 0.6 is 0 Å². The number of nitrogens with one attached hydrogen (secondary N) is 2. The van der Waals surface area contributed by atoms with Crippen molar-refractivity contribution < 1.29 is 4.79 Å². The third-order valence-corrected chi connectivity index (χ3v) is 3.68. The molecule has 2 rings (SSSR count). The lowest BCUT2D eigenvalue weighted by Crippen LogP contribution is -2.53. The molecule has 2 heterocycles. The Kier molecular flexibility index (Phi) is 4.42. The Labute approximate surface area is 109 Å². The predicted octanol–water partition coefficient (Wildman–Crippen LogP) is 1.53. The highest BCUT2D eigenvalue weighted by molar-refractivity contribution is 5.86. The third kappa shape index (κ3) is 2.93. The van der Waals surface area contributed by atoms with E-state index < -0.39 is 0 Å². The zero-order valence-electron chi connectivity index (χ0n) is 11.1. The van der Waals surface area contributed by atoms with Gasteiger partial charge >= 0.3 is 0 Å². The van der Waals surface area contributed by atoms with Crippen molar-refractivity contribution in [1.82, 2.24) is 15.2 Å². The van der Waals surface area contributed by atoms with E-state index in [4.69, 9.17) is 0 Å². The molecule has 0 spiro atoms. The van der Waals surface area contributed by atoms with E-state index in [2.05, 4.69) is 22.1 Å². The van der Waals surface area contributed by atoms with Crippen LogP contribution in [0.25, 0.3) is 0 Å². The maximum Gasteiger partial charge on any atom is 0.240 e. The Hall–Kier alpha value is -1.29. The summed E-state index contributed by atoms with van der Waals surface area (Å²) in [4.78, 5) is 12.3. The summed E-state index contributed by atoms with van der Waals surface area (Å²) in [6.07, 6.45) is 8.07. The monoisotopic (exact) mass is 249 g/mol. The van der Waals surface area contributed by atoms with Gasteiger partial charge < -0.3 is 15.2 Å². The van der Waals surface area contributed by atoms with E-state index in [1.54, 1.807) is 0 Å². The first-order chi connectivity index (χ1) is 8.77. The molecule has 0 aliphatic carbocycles. The molecular formula is C14H23N3O. The molecule has 18 heavy (non-hydrogen) atoms. The second-order valence-corrected chi connectivity index (χ2v) is 5.04. The molecule has 1 amide bonds. The van der Waals surface area contributed by atoms with Crippen LogP contribution in [0.3, 0.4) is 0 Å². The summed E-state index contributed by atoms with van der Waals surface area (Å²) in [5.74, 6) is 0.175. The van der Waals surface area contributed by atoms with E-state index in [1.807, 2.05) is 24.5 Å². The normalized spacial score (nSPS) is 23.2. The summed E-state index contributed by atoms with van der Waals surface area (Å²) >= 11 is 0. The SMILES string of the molecule is CCCC1(C(=O)NCCn2cccc2)CCCN1. The van der Waals surface area contributed by atoms with Crippen LogP contribution in [0.1, 0.15) is 32.6 Å². The number of nitrogens with zero attached hydrogens (tertiary/aromatic N) is 1. The topological polar surface area (TPSA) is 46.1 Å². The summed E-state index contributed by atoms with van der Waals surface area (Å²) in [5, 5.41) is 6.46. The van der Waals surface area contributed by atoms with Gasteiger partial charge in [0.15, 0.2) is 0 Å². The van der Waals surface area contributed by atoms with E-state index in [-0.39, 0.29) is 11.4 Å². The van der Waals surface area contributed by atoms with Crippen LogP contribution in [-0.2, 0) is 11.3 Å². The second kappa shape index (κ2) is 6.05. The van der Waals surface area contributed by atoms with Gasteiger partial charge in [0, 0.05) is 25.5 Å². The van der Waals surface area contributed by atoms with Gasteiger partial charge in [0.25, 0.3) is 0 Å². The number of carbonyl (C=O) groups excluding carboxylic acids is 1. The van der Waals surface area contributed by atoms with Gasteiger partial charge in [-0.15, -0.1) is 0 Å². The highest BCUT2D eigenvalue weighted by atomic mass is 16.2. The number of carbonyl (C=O) groups is 1. The van der Waals surface area contributed by atoms with E-state index in [0.717, 1.165) is 38.8 Å². The van der Waals surface area contributed by atoms with E-state index in [1.165, 1.54) is 0 Å². The number of hydrogen-bond acceptors (Lipinski definition) is 2. The number of rotatable bonds is 6. The average molecular weight is 249 g/mol. The second-order valence-electron chi connectivity index (χ2n) is 5.04. The van der Waals surface area contributed by atoms with Crippen molar-refractivity contribution in [3.05, 3.63) is 24.5 Å². The van der Waals surface area contributed by atoms with Gasteiger partial charge in [0.2, 0.25) is 5.91 Å². The minimum atomic E-state index is -0.300. The fraction of sp³-hybridized carbons (Fsp3) is 0.643. The Bertz CT molecular complexity index is 366. The van der Waals surface area contributed by atoms with Crippen molar-refractivity contribution in [2.24, 2.45) is 0 Å². The largest absolute Gasteiger partial charge is 0.353 e. The van der Waals surface area contributed by atoms with Crippen LogP contribution in [0.2, 0.25) is 0 Å². The fourth-order valence-electron chi connectivity index (χ4n) is 2.74. The van der Waals surface area contributed by atoms with Gasteiger partial charge in [-0.05, 0) is 37.9 Å². The molecule has 0 aromatic carbocycles. The molecule has 0 saturated carbocycles. The zero-order chi connectivity index (χ0) is 12.8. The summed E-state index contributed by atoms with van der Waals surface area (Å²) in [7, 11) is 0. The lowest BCUT2D eigenvalue weighted by molar-refractivity contribution is -0.127. The lowest BCUT2D eigenvalue weighted by atomic mass is 9.91. The van der Waals surface area contributed by atoms with Crippen LogP contribution in [-0.4, -0.2) is 29.1 Å². The molecule has 2 N–H and O–H groups in total. The molecule has 1 aromatic rings. The first-order valence-electron chi connectivity index (χ1n) is 6.91. The predicted molar refractivity (Wildman–Crippen MR) is 72.3 cm³/mol. The van der Waals surface area contributed by atoms with Crippen LogP contribution in [0, 0.1) is 0 Å². The molecule has 4 heteroatoms. The van der Waals surface area contributed by atoms with Crippen molar-refractivity contribution in [1.29, 1.82) is 0 Å². The molecule has 1 aromatic heterocycles. The fourth-order valence-corrected chi connectivity index (χ4v) is 2.74. The molecule has 1 aliphatic heterocycles. The maximum absolute atomic E-state index is 12.3. The van der Waals surface area contributed by atoms with Gasteiger partial charge in [-0.1, -0.05) is 13.3 Å². The quantitative estimate of drug-likeness (QED) is 0.803. The molecule has 100 valence electrons. The van der Waals surface area contributed by atoms with Crippen molar-refractivity contribution >= 4 is 5.91 Å². The number of hydrogen-bond donors (Lipinski definition) is 2. The molecule has 1 saturated heterocycles. The molecule has 1 unspecified atom stereocenters. The first kappa shape index (κ1) is 13.1. The van der Waals surface area contributed by atoms with Crippen LogP contribution in [0.4, 0.5) is 0 Å². The minimum absolute atomic E-state index is 0.175. The van der Waals surface area contributed by atoms with Crippen LogP contribution in [0.5, 0.6) is 0 Å². The lowest BCUT2D eigenvalue weighted by Gasteiger charge is -2.27. The molecular weight excluding hydrogens is 226 g/mol. The molecule has 1 atom stereocenters. The van der Waals surface area contributed by atoms with Crippen molar-refractivity contribution in [3.8, 4) is 0 Å². The number of aromatic nitrogens is 1. The van der Waals surface area contributed by atoms with Crippen molar-refractivity contribution in [2.45, 2.75) is 44.7 Å². The van der Waals surface area contributed by atoms with Gasteiger partial charge in [-0.2, -0.15) is 0 Å². The Morgan fingerprint density at radius 1 is 1.44 bits per heavy atom. The summed E-state index contributed by atoms with van der Waals surface area (Å²) in [6, 6.07) is 4.00. The Morgan fingerprint density at radius 2 is 2.22 bits per heavy atom. The van der Waals surface area contributed by atoms with E-state index in [9.17, 15) is 4.79 Å². The van der Waals surface area contributed by atoms with Gasteiger partial charge in [0.05, 0.1) is 5.54 Å². The van der Waals surface area contributed by atoms with Crippen molar-refractivity contribution in [2.75, 3.05) is 13.1 Å². The molecule has 0 bridgehead atoms. The molecule has 1 aliphatic rings. The summed E-state index contributed by atoms with van der Waals surface area (Å²) in [6.45, 7) is 4.63. The summed E-state index contributed by atoms with van der Waals surface area (Å²) < 4.78 is 2.08. The van der Waals surface area contributed by atoms with E-state index in [0.29, 0.717) is 6.54 Å². The number of amides is 1. The third-order valence-electron chi connectivity index (χ3n) is 3.68. The average Bonchev–Trinajstić information content (AvgIpc) is 3.01. The van der Waals surface area contributed by atoms with Crippen LogP contribution in [0.15, 0.2) is 24.5 Å². The molecule has 1 fully saturated rings. The Balaban J connectivity index is 1.82. The highest BCUT2D eigenvalue weighted by Gasteiger charge is 2.39. The smallest absolute Gasteiger partial charge is 0.240 e. The molecule has 4 nitrogen and oxygen atoms in total. The van der Waals surface area contributed by atoms with Gasteiger partial charge in [0.1, 0.15) is 0 Å². The summed E-state index contributed by atoms with van der Waals surface area (Å²) in [5.41, 5.74) is -0.300. The van der Waals surface area contributed by atoms with Crippen molar-refractivity contribution in [3.63, 3.8) is 0 Å². The first-order valence-corrected chi connectivity index (χ1v) is 6.91. The maximum atomic E-state index is 12.3.